The third-order valence-corrected chi connectivity index (χ3v) is 2.41. The van der Waals surface area contributed by atoms with Crippen molar-refractivity contribution in [1.82, 2.24) is 4.98 Å². The molecule has 0 saturated carbocycles. The average Bonchev–Trinajstić information content (AvgIpc) is 2.30. The molecule has 1 heterocycles. The van der Waals surface area contributed by atoms with Crippen molar-refractivity contribution >= 4 is 18.4 Å². The number of aryl methyl sites for hydroxylation is 1. The first-order valence-electron chi connectivity index (χ1n) is 4.94. The Hall–Kier alpha value is -1.87. The minimum absolute atomic E-state index is 0. The van der Waals surface area contributed by atoms with Gasteiger partial charge in [0, 0.05) is 11.8 Å². The van der Waals surface area contributed by atoms with E-state index in [4.69, 9.17) is 5.11 Å². The molecule has 3 nitrogen and oxygen atoms in total. The van der Waals surface area contributed by atoms with Gasteiger partial charge in [0.2, 0.25) is 0 Å². The van der Waals surface area contributed by atoms with Crippen LogP contribution in [0.15, 0.2) is 42.6 Å². The summed E-state index contributed by atoms with van der Waals surface area (Å²) in [5.41, 5.74) is 3.19. The van der Waals surface area contributed by atoms with E-state index in [-0.39, 0.29) is 18.0 Å². The summed E-state index contributed by atoms with van der Waals surface area (Å²) < 4.78 is 0. The lowest BCUT2D eigenvalue weighted by atomic mass is 10.1. The SMILES string of the molecule is Cc1cccnc1-c1ccc(C(=O)O)cc1.Cl. The molecule has 0 unspecified atom stereocenters. The maximum atomic E-state index is 10.7. The Labute approximate surface area is 106 Å². The number of benzene rings is 1. The number of carbonyl (C=O) groups is 1. The van der Waals surface area contributed by atoms with Crippen molar-refractivity contribution in [2.45, 2.75) is 6.92 Å². The molecule has 88 valence electrons. The van der Waals surface area contributed by atoms with E-state index in [0.29, 0.717) is 0 Å². The molecular weight excluding hydrogens is 238 g/mol. The number of aromatic nitrogens is 1. The fourth-order valence-electron chi connectivity index (χ4n) is 1.56. The molecule has 0 saturated heterocycles. The first-order chi connectivity index (χ1) is 7.68. The number of halogens is 1. The first-order valence-corrected chi connectivity index (χ1v) is 4.94. The highest BCUT2D eigenvalue weighted by Gasteiger charge is 2.05. The Balaban J connectivity index is 0.00000144. The van der Waals surface area contributed by atoms with Crippen LogP contribution in [0.25, 0.3) is 11.3 Å². The monoisotopic (exact) mass is 249 g/mol. The van der Waals surface area contributed by atoms with Crippen LogP contribution in [0.1, 0.15) is 15.9 Å². The Morgan fingerprint density at radius 1 is 1.18 bits per heavy atom. The maximum Gasteiger partial charge on any atom is 0.335 e. The molecular formula is C13H12ClNO2. The minimum atomic E-state index is -0.913. The fraction of sp³-hybridized carbons (Fsp3) is 0.0769. The number of aromatic carboxylic acids is 1. The summed E-state index contributed by atoms with van der Waals surface area (Å²) in [6.07, 6.45) is 1.73. The lowest BCUT2D eigenvalue weighted by Gasteiger charge is -2.04. The summed E-state index contributed by atoms with van der Waals surface area (Å²) >= 11 is 0. The topological polar surface area (TPSA) is 50.2 Å². The number of nitrogens with zero attached hydrogens (tertiary/aromatic N) is 1. The van der Waals surface area contributed by atoms with Gasteiger partial charge in [-0.15, -0.1) is 12.4 Å². The largest absolute Gasteiger partial charge is 0.478 e. The molecule has 0 aliphatic heterocycles. The van der Waals surface area contributed by atoms with Crippen LogP contribution in [0.2, 0.25) is 0 Å². The van der Waals surface area contributed by atoms with E-state index < -0.39 is 5.97 Å². The van der Waals surface area contributed by atoms with Crippen molar-refractivity contribution in [2.24, 2.45) is 0 Å². The Kier molecular flexibility index (Phi) is 4.24. The van der Waals surface area contributed by atoms with Crippen LogP contribution in [0, 0.1) is 6.92 Å². The highest BCUT2D eigenvalue weighted by Crippen LogP contribution is 2.20. The predicted octanol–water partition coefficient (Wildman–Crippen LogP) is 3.18. The molecule has 17 heavy (non-hydrogen) atoms. The highest BCUT2D eigenvalue weighted by atomic mass is 35.5. The van der Waals surface area contributed by atoms with Gasteiger partial charge in [0.05, 0.1) is 11.3 Å². The van der Waals surface area contributed by atoms with Gasteiger partial charge >= 0.3 is 5.97 Å². The van der Waals surface area contributed by atoms with Crippen molar-refractivity contribution in [3.05, 3.63) is 53.7 Å². The van der Waals surface area contributed by atoms with Gasteiger partial charge in [-0.05, 0) is 30.7 Å². The van der Waals surface area contributed by atoms with Crippen molar-refractivity contribution < 1.29 is 9.90 Å². The number of rotatable bonds is 2. The van der Waals surface area contributed by atoms with E-state index in [1.165, 1.54) is 0 Å². The van der Waals surface area contributed by atoms with E-state index >= 15 is 0 Å². The molecule has 1 aromatic carbocycles. The van der Waals surface area contributed by atoms with E-state index in [1.807, 2.05) is 19.1 Å². The van der Waals surface area contributed by atoms with Gasteiger partial charge in [-0.25, -0.2) is 4.79 Å². The van der Waals surface area contributed by atoms with Gasteiger partial charge in [0.1, 0.15) is 0 Å². The van der Waals surface area contributed by atoms with E-state index in [1.54, 1.807) is 30.5 Å². The Morgan fingerprint density at radius 2 is 1.82 bits per heavy atom. The van der Waals surface area contributed by atoms with E-state index in [2.05, 4.69) is 4.98 Å². The summed E-state index contributed by atoms with van der Waals surface area (Å²) in [5, 5.41) is 8.79. The third-order valence-electron chi connectivity index (χ3n) is 2.41. The average molecular weight is 250 g/mol. The molecule has 0 radical (unpaired) electrons. The van der Waals surface area contributed by atoms with Crippen molar-refractivity contribution in [3.63, 3.8) is 0 Å². The molecule has 0 spiro atoms. The molecule has 0 aliphatic rings. The predicted molar refractivity (Wildman–Crippen MR) is 68.6 cm³/mol. The molecule has 0 amide bonds. The van der Waals surface area contributed by atoms with Crippen LogP contribution in [0.5, 0.6) is 0 Å². The molecule has 1 aromatic heterocycles. The normalized spacial score (nSPS) is 9.47. The molecule has 2 rings (SSSR count). The highest BCUT2D eigenvalue weighted by molar-refractivity contribution is 5.88. The van der Waals surface area contributed by atoms with E-state index in [0.717, 1.165) is 16.8 Å². The minimum Gasteiger partial charge on any atom is -0.478 e. The summed E-state index contributed by atoms with van der Waals surface area (Å²) in [6, 6.07) is 10.6. The number of carboxylic acids is 1. The Morgan fingerprint density at radius 3 is 2.35 bits per heavy atom. The van der Waals surface area contributed by atoms with E-state index in [9.17, 15) is 4.79 Å². The van der Waals surface area contributed by atoms with Crippen LogP contribution >= 0.6 is 12.4 Å². The lowest BCUT2D eigenvalue weighted by Crippen LogP contribution is -1.95. The maximum absolute atomic E-state index is 10.7. The molecule has 0 bridgehead atoms. The van der Waals surface area contributed by atoms with Gasteiger partial charge in [-0.2, -0.15) is 0 Å². The first kappa shape index (κ1) is 13.2. The standard InChI is InChI=1S/C13H11NO2.ClH/c1-9-3-2-8-14-12(9)10-4-6-11(7-5-10)13(15)16;/h2-8H,1H3,(H,15,16);1H. The summed E-state index contributed by atoms with van der Waals surface area (Å²) in [6.45, 7) is 1.98. The van der Waals surface area contributed by atoms with Crippen LogP contribution < -0.4 is 0 Å². The van der Waals surface area contributed by atoms with Crippen molar-refractivity contribution in [1.29, 1.82) is 0 Å². The lowest BCUT2D eigenvalue weighted by molar-refractivity contribution is 0.0697. The van der Waals surface area contributed by atoms with Gasteiger partial charge in [0.25, 0.3) is 0 Å². The summed E-state index contributed by atoms with van der Waals surface area (Å²) in [5.74, 6) is -0.913. The zero-order valence-corrected chi connectivity index (χ0v) is 10.1. The smallest absolute Gasteiger partial charge is 0.335 e. The molecule has 0 atom stereocenters. The Bertz CT molecular complexity index is 523. The second kappa shape index (κ2) is 5.46. The quantitative estimate of drug-likeness (QED) is 0.889. The van der Waals surface area contributed by atoms with Gasteiger partial charge < -0.3 is 5.11 Å². The van der Waals surface area contributed by atoms with Crippen LogP contribution in [-0.2, 0) is 0 Å². The zero-order chi connectivity index (χ0) is 11.5. The van der Waals surface area contributed by atoms with Crippen LogP contribution in [0.4, 0.5) is 0 Å². The number of hydrogen-bond acceptors (Lipinski definition) is 2. The van der Waals surface area contributed by atoms with Gasteiger partial charge in [0.15, 0.2) is 0 Å². The molecule has 0 fully saturated rings. The second-order valence-corrected chi connectivity index (χ2v) is 3.55. The molecule has 2 aromatic rings. The second-order valence-electron chi connectivity index (χ2n) is 3.55. The van der Waals surface area contributed by atoms with Crippen molar-refractivity contribution in [2.75, 3.05) is 0 Å². The van der Waals surface area contributed by atoms with Gasteiger partial charge in [-0.3, -0.25) is 4.98 Å². The molecule has 4 heteroatoms. The molecule has 1 N–H and O–H groups in total. The zero-order valence-electron chi connectivity index (χ0n) is 9.25. The fourth-order valence-corrected chi connectivity index (χ4v) is 1.56. The number of carboxylic acid groups (broad SMARTS) is 1. The summed E-state index contributed by atoms with van der Waals surface area (Å²) in [4.78, 5) is 15.0. The number of pyridine rings is 1. The van der Waals surface area contributed by atoms with Crippen molar-refractivity contribution in [3.8, 4) is 11.3 Å². The molecule has 0 aliphatic carbocycles. The summed E-state index contributed by atoms with van der Waals surface area (Å²) in [7, 11) is 0. The number of hydrogen-bond donors (Lipinski definition) is 1. The third kappa shape index (κ3) is 2.82. The van der Waals surface area contributed by atoms with Crippen LogP contribution in [-0.4, -0.2) is 16.1 Å². The van der Waals surface area contributed by atoms with Gasteiger partial charge in [-0.1, -0.05) is 18.2 Å². The van der Waals surface area contributed by atoms with Crippen LogP contribution in [0.3, 0.4) is 0 Å².